The van der Waals surface area contributed by atoms with Crippen molar-refractivity contribution in [2.45, 2.75) is 167 Å². The van der Waals surface area contributed by atoms with Crippen LogP contribution in [0.5, 0.6) is 0 Å². The normalized spacial score (nSPS) is 18.2. The third-order valence-corrected chi connectivity index (χ3v) is 27.2. The molecule has 0 nitrogen and oxygen atoms in total. The maximum atomic E-state index is 4.93. The number of benzene rings is 6. The Bertz CT molecular complexity index is 3290. The Morgan fingerprint density at radius 2 is 0.734 bits per heavy atom. The van der Waals surface area contributed by atoms with Crippen LogP contribution in [0.1, 0.15) is 184 Å². The fraction of sp³-hybridized carbons (Fsp3) is 0.380. The van der Waals surface area contributed by atoms with Crippen molar-refractivity contribution < 1.29 is 41.7 Å². The zero-order valence-electron chi connectivity index (χ0n) is 49.8. The molecule has 412 valence electrons. The molecule has 8 heteroatoms. The Kier molecular flexibility index (Phi) is 20.5. The molecule has 4 unspecified atom stereocenters. The second-order valence-electron chi connectivity index (χ2n) is 26.7. The van der Waals surface area contributed by atoms with Gasteiger partial charge in [-0.3, -0.25) is 0 Å². The zero-order valence-corrected chi connectivity index (χ0v) is 59.7. The van der Waals surface area contributed by atoms with Crippen LogP contribution in [-0.4, -0.2) is 16.1 Å². The van der Waals surface area contributed by atoms with E-state index in [-0.39, 0.29) is 10.8 Å². The molecule has 4 aliphatic rings. The molecule has 0 bridgehead atoms. The van der Waals surface area contributed by atoms with Crippen molar-refractivity contribution in [2.75, 3.05) is 0 Å². The summed E-state index contributed by atoms with van der Waals surface area (Å²) in [6.45, 7) is 36.7. The summed E-state index contributed by atoms with van der Waals surface area (Å²) in [4.78, 5) is 0. The zero-order chi connectivity index (χ0) is 57.4. The average Bonchev–Trinajstić information content (AvgIpc) is 4.34. The molecule has 10 rings (SSSR count). The van der Waals surface area contributed by atoms with Crippen LogP contribution in [0.2, 0.25) is 26.2 Å². The second kappa shape index (κ2) is 25.9. The van der Waals surface area contributed by atoms with Gasteiger partial charge in [-0.05, 0) is 152 Å². The number of allylic oxidation sites excluding steroid dienone is 4. The molecule has 4 aliphatic carbocycles. The fourth-order valence-corrected chi connectivity index (χ4v) is 24.8. The van der Waals surface area contributed by atoms with Crippen molar-refractivity contribution in [3.8, 4) is 22.3 Å². The number of hydrogen-bond donors (Lipinski definition) is 0. The molecular formula is C71H84Cl4Si2Zr2. The molecule has 6 aromatic rings. The molecule has 0 aliphatic heterocycles. The predicted octanol–water partition coefficient (Wildman–Crippen LogP) is 22.9. The summed E-state index contributed by atoms with van der Waals surface area (Å²) in [5.41, 5.74) is 32.2. The second-order valence-corrected chi connectivity index (χ2v) is 43.7. The number of halogens is 4. The van der Waals surface area contributed by atoms with Gasteiger partial charge in [-0.15, -0.1) is 0 Å². The first kappa shape index (κ1) is 62.7. The Hall–Kier alpha value is -2.36. The standard InChI is InChI=1S/C71H84Si2.4ClH.2Zr/c1-45(2)61-44-63-50(26-20-30-58(63)69(61)73(14,15)68-48(5)43-65-56(28-22-32-60(65)68)52-35-39-54(40-36-52)71(9,10)11)24-18-16-17-23-49-25-19-29-57-62(49)41-46(3)66(57)72(12,13)67-47(4)42-64-55(27-21-31-59(64)67)51-33-37-53(38-34-51)70(6,7)8;;;;;;/h19-22,25-45,66-69H,16-18,23-24H2,1-15H3;4*1H;;/q;;;;;2*+2/p-4. The molecule has 0 radical (unpaired) electrons. The van der Waals surface area contributed by atoms with Gasteiger partial charge in [-0.1, -0.05) is 256 Å². The third-order valence-electron chi connectivity index (χ3n) is 18.3. The van der Waals surface area contributed by atoms with E-state index in [4.69, 9.17) is 34.1 Å². The Balaban J connectivity index is 0.00000131. The van der Waals surface area contributed by atoms with Gasteiger partial charge in [-0.2, -0.15) is 0 Å². The first-order valence-electron chi connectivity index (χ1n) is 28.8. The Morgan fingerprint density at radius 1 is 0.418 bits per heavy atom. The van der Waals surface area contributed by atoms with Gasteiger partial charge in [0.15, 0.2) is 0 Å². The molecule has 0 aromatic heterocycles. The van der Waals surface area contributed by atoms with E-state index in [1.807, 2.05) is 0 Å². The Morgan fingerprint density at radius 3 is 1.10 bits per heavy atom. The molecule has 0 N–H and O–H groups in total. The van der Waals surface area contributed by atoms with E-state index in [0.717, 1.165) is 12.8 Å². The van der Waals surface area contributed by atoms with Gasteiger partial charge in [0.1, 0.15) is 0 Å². The van der Waals surface area contributed by atoms with Gasteiger partial charge in [-0.25, -0.2) is 0 Å². The van der Waals surface area contributed by atoms with E-state index in [9.17, 15) is 0 Å². The van der Waals surface area contributed by atoms with E-state index in [1.54, 1.807) is 61.2 Å². The van der Waals surface area contributed by atoms with Crippen LogP contribution in [0.4, 0.5) is 0 Å². The summed E-state index contributed by atoms with van der Waals surface area (Å²) in [5.74, 6) is 0.511. The molecule has 0 fully saturated rings. The van der Waals surface area contributed by atoms with Crippen molar-refractivity contribution in [3.05, 3.63) is 210 Å². The van der Waals surface area contributed by atoms with E-state index in [0.29, 0.717) is 28.1 Å². The number of fused-ring (bicyclic) bond motifs is 4. The van der Waals surface area contributed by atoms with Crippen LogP contribution in [-0.2, 0) is 65.4 Å². The van der Waals surface area contributed by atoms with E-state index >= 15 is 0 Å². The van der Waals surface area contributed by atoms with Crippen molar-refractivity contribution in [1.29, 1.82) is 0 Å². The molecule has 79 heavy (non-hydrogen) atoms. The molecule has 0 heterocycles. The number of hydrogen-bond acceptors (Lipinski definition) is 0. The monoisotopic (exact) mass is 1310 g/mol. The van der Waals surface area contributed by atoms with Gasteiger partial charge >= 0.3 is 75.7 Å². The topological polar surface area (TPSA) is 0 Å². The van der Waals surface area contributed by atoms with Crippen LogP contribution in [0.3, 0.4) is 0 Å². The van der Waals surface area contributed by atoms with E-state index in [2.05, 4.69) is 248 Å². The van der Waals surface area contributed by atoms with Gasteiger partial charge in [0.05, 0.1) is 16.1 Å². The van der Waals surface area contributed by atoms with Crippen molar-refractivity contribution >= 4 is 74.5 Å². The summed E-state index contributed by atoms with van der Waals surface area (Å²) >= 11 is -1.65. The van der Waals surface area contributed by atoms with Crippen LogP contribution >= 0.6 is 34.1 Å². The summed E-state index contributed by atoms with van der Waals surface area (Å²) in [6, 6.07) is 47.6. The van der Waals surface area contributed by atoms with Crippen LogP contribution in [0.25, 0.3) is 46.6 Å². The summed E-state index contributed by atoms with van der Waals surface area (Å²) in [5, 5.41) is 0. The quantitative estimate of drug-likeness (QED) is 0.0799. The van der Waals surface area contributed by atoms with Gasteiger partial charge in [0.2, 0.25) is 0 Å². The summed E-state index contributed by atoms with van der Waals surface area (Å²) in [7, 11) is 15.8. The SMILES string of the molecule is CC1=Cc2c(CCCCCc3cccc4c3C=C(C(C)C)C4[Si](C)(C)C3C(C)=Cc4c(-c5ccc(C(C)(C)C)cc5)cccc43)cccc2C1[Si](C)(C)C1C(C)=Cc2c(-c3ccc(C(C)(C)C)cc3)cccc21.[Cl][Zr][Cl].[Cl][Zr][Cl]. The van der Waals surface area contributed by atoms with Crippen molar-refractivity contribution in [2.24, 2.45) is 5.92 Å². The van der Waals surface area contributed by atoms with Crippen LogP contribution < -0.4 is 0 Å². The van der Waals surface area contributed by atoms with Crippen molar-refractivity contribution in [3.63, 3.8) is 0 Å². The molecule has 4 atom stereocenters. The van der Waals surface area contributed by atoms with Crippen molar-refractivity contribution in [1.82, 2.24) is 0 Å². The first-order chi connectivity index (χ1) is 37.4. The molecule has 0 saturated heterocycles. The minimum absolute atomic E-state index is 0.145. The summed E-state index contributed by atoms with van der Waals surface area (Å²) in [6.07, 6.45) is 16.3. The van der Waals surface area contributed by atoms with Gasteiger partial charge in [0.25, 0.3) is 0 Å². The molecule has 6 aromatic carbocycles. The van der Waals surface area contributed by atoms with Crippen LogP contribution in [0.15, 0.2) is 144 Å². The van der Waals surface area contributed by atoms with Gasteiger partial charge < -0.3 is 0 Å². The van der Waals surface area contributed by atoms with E-state index < -0.39 is 57.8 Å². The molecule has 0 spiro atoms. The van der Waals surface area contributed by atoms with Crippen LogP contribution in [0, 0.1) is 5.92 Å². The fourth-order valence-electron chi connectivity index (χ4n) is 14.9. The minimum atomic E-state index is -2.01. The predicted molar refractivity (Wildman–Crippen MR) is 348 cm³/mol. The number of aryl methyl sites for hydroxylation is 2. The Labute approximate surface area is 516 Å². The molecule has 0 saturated carbocycles. The van der Waals surface area contributed by atoms with E-state index in [1.165, 1.54) is 69.3 Å². The molecule has 0 amide bonds. The maximum absolute atomic E-state index is 4.93. The summed E-state index contributed by atoms with van der Waals surface area (Å²) < 4.78 is 0. The van der Waals surface area contributed by atoms with Gasteiger partial charge in [0, 0.05) is 22.2 Å². The third kappa shape index (κ3) is 13.0. The average molecular weight is 1320 g/mol. The molecular weight excluding hydrogens is 1230 g/mol. The first-order valence-corrected chi connectivity index (χ1v) is 47.8. The number of unbranched alkanes of at least 4 members (excludes halogenated alkanes) is 2. The number of rotatable bonds is 13.